The van der Waals surface area contributed by atoms with Crippen LogP contribution in [0.15, 0.2) is 24.3 Å². The van der Waals surface area contributed by atoms with Crippen molar-refractivity contribution >= 4 is 5.82 Å². The van der Waals surface area contributed by atoms with E-state index in [1.54, 1.807) is 29.9 Å². The molecule has 0 amide bonds. The number of anilines is 1. The van der Waals surface area contributed by atoms with E-state index in [4.69, 9.17) is 5.73 Å². The van der Waals surface area contributed by atoms with Gasteiger partial charge in [0.1, 0.15) is 17.7 Å². The van der Waals surface area contributed by atoms with Crippen LogP contribution in [0.2, 0.25) is 0 Å². The lowest BCUT2D eigenvalue weighted by Crippen LogP contribution is -1.96. The van der Waals surface area contributed by atoms with Crippen molar-refractivity contribution < 1.29 is 9.50 Å². The molecule has 4 nitrogen and oxygen atoms in total. The normalized spacial score (nSPS) is 12.6. The molecule has 1 aromatic heterocycles. The number of hydrogen-bond donors (Lipinski definition) is 2. The number of nitrogens with two attached hydrogens (primary N) is 1. The van der Waals surface area contributed by atoms with E-state index in [0.29, 0.717) is 11.5 Å². The van der Waals surface area contributed by atoms with Crippen LogP contribution in [-0.2, 0) is 7.05 Å². The first-order valence-corrected chi connectivity index (χ1v) is 5.26. The summed E-state index contributed by atoms with van der Waals surface area (Å²) in [5, 5.41) is 13.7. The summed E-state index contributed by atoms with van der Waals surface area (Å²) in [6.45, 7) is 1.38. The van der Waals surface area contributed by atoms with Crippen LogP contribution in [0.5, 0.6) is 5.75 Å². The molecule has 2 aromatic rings. The number of benzene rings is 1. The van der Waals surface area contributed by atoms with E-state index in [9.17, 15) is 9.50 Å². The Morgan fingerprint density at radius 2 is 2.12 bits per heavy atom. The van der Waals surface area contributed by atoms with Crippen molar-refractivity contribution in [3.63, 3.8) is 0 Å². The number of phenols is 1. The van der Waals surface area contributed by atoms with Crippen LogP contribution < -0.4 is 5.73 Å². The number of rotatable bonds is 2. The number of halogens is 1. The molecule has 0 fully saturated rings. The van der Waals surface area contributed by atoms with E-state index < -0.39 is 6.17 Å². The van der Waals surface area contributed by atoms with Gasteiger partial charge in [-0.25, -0.2) is 4.39 Å². The van der Waals surface area contributed by atoms with E-state index in [2.05, 4.69) is 5.10 Å². The van der Waals surface area contributed by atoms with Gasteiger partial charge >= 0.3 is 0 Å². The first-order valence-electron chi connectivity index (χ1n) is 5.26. The second kappa shape index (κ2) is 4.08. The highest BCUT2D eigenvalue weighted by Gasteiger charge is 2.12. The van der Waals surface area contributed by atoms with Gasteiger partial charge in [0.25, 0.3) is 0 Å². The molecule has 0 bridgehead atoms. The number of aryl methyl sites for hydroxylation is 1. The molecule has 0 radical (unpaired) electrons. The van der Waals surface area contributed by atoms with Gasteiger partial charge in [0.05, 0.1) is 5.69 Å². The van der Waals surface area contributed by atoms with Crippen molar-refractivity contribution in [3.05, 3.63) is 29.8 Å². The van der Waals surface area contributed by atoms with Crippen molar-refractivity contribution in [2.45, 2.75) is 13.1 Å². The average Bonchev–Trinajstić information content (AvgIpc) is 2.59. The summed E-state index contributed by atoms with van der Waals surface area (Å²) in [6, 6.07) is 6.44. The zero-order valence-corrected chi connectivity index (χ0v) is 9.68. The van der Waals surface area contributed by atoms with Crippen molar-refractivity contribution in [2.24, 2.45) is 7.05 Å². The SMILES string of the molecule is CC(F)c1cc(-c2cc(N)n(C)n2)ccc1O. The maximum absolute atomic E-state index is 13.3. The Morgan fingerprint density at radius 3 is 2.65 bits per heavy atom. The molecule has 2 rings (SSSR count). The summed E-state index contributed by atoms with van der Waals surface area (Å²) in [6.07, 6.45) is -1.23. The molecular weight excluding hydrogens is 221 g/mol. The largest absolute Gasteiger partial charge is 0.508 e. The molecule has 3 N–H and O–H groups in total. The quantitative estimate of drug-likeness (QED) is 0.840. The lowest BCUT2D eigenvalue weighted by Gasteiger charge is -2.07. The van der Waals surface area contributed by atoms with Crippen molar-refractivity contribution in [1.29, 1.82) is 0 Å². The van der Waals surface area contributed by atoms with Crippen LogP contribution in [0.4, 0.5) is 10.2 Å². The Morgan fingerprint density at radius 1 is 1.41 bits per heavy atom. The van der Waals surface area contributed by atoms with Gasteiger partial charge in [0.15, 0.2) is 0 Å². The standard InChI is InChI=1S/C12H14FN3O/c1-7(13)9-5-8(3-4-11(9)17)10-6-12(14)16(2)15-10/h3-7,17H,14H2,1-2H3. The van der Waals surface area contributed by atoms with Gasteiger partial charge in [0.2, 0.25) is 0 Å². The third kappa shape index (κ3) is 2.08. The van der Waals surface area contributed by atoms with Crippen LogP contribution in [0, 0.1) is 0 Å². The minimum absolute atomic E-state index is 0.0485. The number of alkyl halides is 1. The Balaban J connectivity index is 2.49. The molecule has 1 heterocycles. The number of nitrogen functional groups attached to an aromatic ring is 1. The minimum atomic E-state index is -1.23. The molecule has 0 aliphatic carbocycles. The molecule has 0 saturated carbocycles. The van der Waals surface area contributed by atoms with E-state index >= 15 is 0 Å². The number of aromatic nitrogens is 2. The highest BCUT2D eigenvalue weighted by Crippen LogP contribution is 2.31. The Hall–Kier alpha value is -2.04. The number of phenolic OH excluding ortho intramolecular Hbond substituents is 1. The monoisotopic (exact) mass is 235 g/mol. The third-order valence-corrected chi connectivity index (χ3v) is 2.67. The Labute approximate surface area is 98.5 Å². The average molecular weight is 235 g/mol. The van der Waals surface area contributed by atoms with Gasteiger partial charge in [-0.3, -0.25) is 4.68 Å². The van der Waals surface area contributed by atoms with E-state index in [1.807, 2.05) is 0 Å². The molecular formula is C12H14FN3O. The summed E-state index contributed by atoms with van der Waals surface area (Å²) in [5.41, 5.74) is 7.33. The van der Waals surface area contributed by atoms with Crippen LogP contribution in [-0.4, -0.2) is 14.9 Å². The van der Waals surface area contributed by atoms with Crippen molar-refractivity contribution in [2.75, 3.05) is 5.73 Å². The molecule has 1 unspecified atom stereocenters. The Kier molecular flexibility index (Phi) is 2.75. The molecule has 1 aromatic carbocycles. The number of nitrogens with zero attached hydrogens (tertiary/aromatic N) is 2. The van der Waals surface area contributed by atoms with Gasteiger partial charge in [-0.1, -0.05) is 0 Å². The molecule has 90 valence electrons. The van der Waals surface area contributed by atoms with Crippen LogP contribution in [0.1, 0.15) is 18.7 Å². The topological polar surface area (TPSA) is 64.1 Å². The highest BCUT2D eigenvalue weighted by atomic mass is 19.1. The summed E-state index contributed by atoms with van der Waals surface area (Å²) in [4.78, 5) is 0. The first-order chi connectivity index (χ1) is 7.99. The first kappa shape index (κ1) is 11.4. The van der Waals surface area contributed by atoms with Crippen molar-refractivity contribution in [3.8, 4) is 17.0 Å². The fraction of sp³-hybridized carbons (Fsp3) is 0.250. The van der Waals surface area contributed by atoms with Gasteiger partial charge in [0, 0.05) is 24.2 Å². The molecule has 1 atom stereocenters. The van der Waals surface area contributed by atoms with E-state index in [-0.39, 0.29) is 11.3 Å². The van der Waals surface area contributed by atoms with Crippen molar-refractivity contribution in [1.82, 2.24) is 9.78 Å². The van der Waals surface area contributed by atoms with Gasteiger partial charge in [-0.2, -0.15) is 5.10 Å². The smallest absolute Gasteiger partial charge is 0.126 e. The molecule has 5 heteroatoms. The maximum Gasteiger partial charge on any atom is 0.126 e. The van der Waals surface area contributed by atoms with Gasteiger partial charge in [-0.05, 0) is 25.1 Å². The second-order valence-corrected chi connectivity index (χ2v) is 3.97. The molecule has 17 heavy (non-hydrogen) atoms. The molecule has 0 aliphatic rings. The predicted octanol–water partition coefficient (Wildman–Crippen LogP) is 2.41. The fourth-order valence-electron chi connectivity index (χ4n) is 1.66. The summed E-state index contributed by atoms with van der Waals surface area (Å²) in [5.74, 6) is 0.482. The lowest BCUT2D eigenvalue weighted by molar-refractivity contribution is 0.356. The molecule has 0 spiro atoms. The summed E-state index contributed by atoms with van der Waals surface area (Å²) < 4.78 is 14.8. The lowest BCUT2D eigenvalue weighted by atomic mass is 10.0. The molecule has 0 saturated heterocycles. The zero-order valence-electron chi connectivity index (χ0n) is 9.68. The van der Waals surface area contributed by atoms with E-state index in [1.165, 1.54) is 13.0 Å². The minimum Gasteiger partial charge on any atom is -0.508 e. The second-order valence-electron chi connectivity index (χ2n) is 3.97. The van der Waals surface area contributed by atoms with Crippen LogP contribution in [0.25, 0.3) is 11.3 Å². The fourth-order valence-corrected chi connectivity index (χ4v) is 1.66. The summed E-state index contributed by atoms with van der Waals surface area (Å²) in [7, 11) is 1.73. The van der Waals surface area contributed by atoms with E-state index in [0.717, 1.165) is 5.56 Å². The summed E-state index contributed by atoms with van der Waals surface area (Å²) >= 11 is 0. The van der Waals surface area contributed by atoms with Gasteiger partial charge < -0.3 is 10.8 Å². The van der Waals surface area contributed by atoms with Gasteiger partial charge in [-0.15, -0.1) is 0 Å². The maximum atomic E-state index is 13.3. The Bertz CT molecular complexity index is 529. The molecule has 0 aliphatic heterocycles. The predicted molar refractivity (Wildman–Crippen MR) is 64.2 cm³/mol. The van der Waals surface area contributed by atoms with Crippen LogP contribution in [0.3, 0.4) is 0 Å². The zero-order chi connectivity index (χ0) is 12.6. The number of hydrogen-bond acceptors (Lipinski definition) is 3. The third-order valence-electron chi connectivity index (χ3n) is 2.67. The van der Waals surface area contributed by atoms with Crippen LogP contribution >= 0.6 is 0 Å². The highest BCUT2D eigenvalue weighted by molar-refractivity contribution is 5.64. The number of aromatic hydroxyl groups is 1.